The quantitative estimate of drug-likeness (QED) is 0.730. The second-order valence-electron chi connectivity index (χ2n) is 5.88. The third kappa shape index (κ3) is 5.86. The maximum absolute atomic E-state index is 12.0. The Morgan fingerprint density at radius 2 is 1.96 bits per heavy atom. The molecule has 0 radical (unpaired) electrons. The SMILES string of the molecule is COc1ccc(-c2nc(C(=O)OCC(=O)NCCC(C)C)cs2)cc1. The standard InChI is InChI=1S/C18H22N2O4S/c1-12(2)8-9-19-16(21)10-24-18(22)15-11-25-17(20-15)13-4-6-14(23-3)7-5-13/h4-7,11-12H,8-10H2,1-3H3,(H,19,21). The van der Waals surface area contributed by atoms with E-state index in [0.717, 1.165) is 17.7 Å². The van der Waals surface area contributed by atoms with Gasteiger partial charge in [0.1, 0.15) is 10.8 Å². The summed E-state index contributed by atoms with van der Waals surface area (Å²) in [5.41, 5.74) is 1.09. The zero-order chi connectivity index (χ0) is 18.2. The minimum absolute atomic E-state index is 0.200. The van der Waals surface area contributed by atoms with Crippen molar-refractivity contribution >= 4 is 23.2 Å². The first-order valence-corrected chi connectivity index (χ1v) is 8.91. The Hall–Kier alpha value is -2.41. The van der Waals surface area contributed by atoms with Crippen LogP contribution in [0.3, 0.4) is 0 Å². The fraction of sp³-hybridized carbons (Fsp3) is 0.389. The fourth-order valence-corrected chi connectivity index (χ4v) is 2.79. The minimum Gasteiger partial charge on any atom is -0.497 e. The lowest BCUT2D eigenvalue weighted by Crippen LogP contribution is -2.30. The molecule has 0 bridgehead atoms. The van der Waals surface area contributed by atoms with Crippen molar-refractivity contribution in [1.29, 1.82) is 0 Å². The predicted molar refractivity (Wildman–Crippen MR) is 96.8 cm³/mol. The molecule has 2 rings (SSSR count). The number of carbonyl (C=O) groups excluding carboxylic acids is 2. The van der Waals surface area contributed by atoms with Gasteiger partial charge in [0.25, 0.3) is 5.91 Å². The van der Waals surface area contributed by atoms with Crippen LogP contribution < -0.4 is 10.1 Å². The lowest BCUT2D eigenvalue weighted by molar-refractivity contribution is -0.124. The van der Waals surface area contributed by atoms with Gasteiger partial charge in [-0.1, -0.05) is 13.8 Å². The van der Waals surface area contributed by atoms with E-state index in [2.05, 4.69) is 24.1 Å². The molecular weight excluding hydrogens is 340 g/mol. The molecule has 1 N–H and O–H groups in total. The molecule has 0 aliphatic carbocycles. The number of thiazole rings is 1. The molecule has 0 saturated carbocycles. The Balaban J connectivity index is 1.86. The largest absolute Gasteiger partial charge is 0.497 e. The summed E-state index contributed by atoms with van der Waals surface area (Å²) in [5, 5.41) is 5.05. The molecule has 134 valence electrons. The van der Waals surface area contributed by atoms with Crippen LogP contribution in [0.5, 0.6) is 5.75 Å². The van der Waals surface area contributed by atoms with E-state index in [0.29, 0.717) is 17.5 Å². The number of methoxy groups -OCH3 is 1. The first kappa shape index (κ1) is 18.9. The number of aromatic nitrogens is 1. The van der Waals surface area contributed by atoms with Crippen molar-refractivity contribution in [2.75, 3.05) is 20.3 Å². The van der Waals surface area contributed by atoms with Crippen LogP contribution >= 0.6 is 11.3 Å². The zero-order valence-corrected chi connectivity index (χ0v) is 15.4. The minimum atomic E-state index is -0.602. The van der Waals surface area contributed by atoms with Gasteiger partial charge in [-0.15, -0.1) is 11.3 Å². The maximum atomic E-state index is 12.0. The predicted octanol–water partition coefficient (Wildman–Crippen LogP) is 3.14. The van der Waals surface area contributed by atoms with Crippen molar-refractivity contribution in [3.63, 3.8) is 0 Å². The maximum Gasteiger partial charge on any atom is 0.358 e. The number of carbonyl (C=O) groups is 2. The number of nitrogens with one attached hydrogen (secondary N) is 1. The molecule has 0 aliphatic rings. The van der Waals surface area contributed by atoms with Gasteiger partial charge in [0.15, 0.2) is 12.3 Å². The van der Waals surface area contributed by atoms with E-state index < -0.39 is 5.97 Å². The van der Waals surface area contributed by atoms with E-state index in [4.69, 9.17) is 9.47 Å². The number of benzene rings is 1. The summed E-state index contributed by atoms with van der Waals surface area (Å²) in [6, 6.07) is 7.40. The van der Waals surface area contributed by atoms with Gasteiger partial charge in [-0.25, -0.2) is 9.78 Å². The smallest absolute Gasteiger partial charge is 0.358 e. The van der Waals surface area contributed by atoms with Gasteiger partial charge >= 0.3 is 5.97 Å². The third-order valence-electron chi connectivity index (χ3n) is 3.43. The van der Waals surface area contributed by atoms with Gasteiger partial charge in [-0.05, 0) is 36.6 Å². The van der Waals surface area contributed by atoms with Crippen LogP contribution in [0.4, 0.5) is 0 Å². The summed E-state index contributed by atoms with van der Waals surface area (Å²) in [5.74, 6) is 0.354. The number of amides is 1. The summed E-state index contributed by atoms with van der Waals surface area (Å²) < 4.78 is 10.1. The highest BCUT2D eigenvalue weighted by molar-refractivity contribution is 7.13. The first-order chi connectivity index (χ1) is 12.0. The van der Waals surface area contributed by atoms with Gasteiger partial charge in [0, 0.05) is 17.5 Å². The zero-order valence-electron chi connectivity index (χ0n) is 14.6. The number of rotatable bonds is 8. The number of hydrogen-bond donors (Lipinski definition) is 1. The summed E-state index contributed by atoms with van der Waals surface area (Å²) in [6.07, 6.45) is 0.886. The summed E-state index contributed by atoms with van der Waals surface area (Å²) >= 11 is 1.34. The molecule has 0 fully saturated rings. The molecule has 7 heteroatoms. The van der Waals surface area contributed by atoms with Gasteiger partial charge in [0.05, 0.1) is 7.11 Å². The van der Waals surface area contributed by atoms with Crippen LogP contribution in [0.15, 0.2) is 29.6 Å². The Morgan fingerprint density at radius 3 is 2.60 bits per heavy atom. The van der Waals surface area contributed by atoms with E-state index in [-0.39, 0.29) is 18.2 Å². The molecule has 0 unspecified atom stereocenters. The highest BCUT2D eigenvalue weighted by atomic mass is 32.1. The van der Waals surface area contributed by atoms with Crippen molar-refractivity contribution in [3.05, 3.63) is 35.3 Å². The molecule has 1 amide bonds. The number of esters is 1. The van der Waals surface area contributed by atoms with Crippen LogP contribution in [0, 0.1) is 5.92 Å². The average Bonchev–Trinajstić information content (AvgIpc) is 3.09. The number of ether oxygens (including phenoxy) is 2. The lowest BCUT2D eigenvalue weighted by Gasteiger charge is -2.07. The van der Waals surface area contributed by atoms with Crippen molar-refractivity contribution in [1.82, 2.24) is 10.3 Å². The Bertz CT molecular complexity index is 710. The molecule has 1 aromatic heterocycles. The van der Waals surface area contributed by atoms with E-state index in [9.17, 15) is 9.59 Å². The third-order valence-corrected chi connectivity index (χ3v) is 4.32. The van der Waals surface area contributed by atoms with Gasteiger partial charge in [-0.2, -0.15) is 0 Å². The van der Waals surface area contributed by atoms with Crippen molar-refractivity contribution in [2.24, 2.45) is 5.92 Å². The number of nitrogens with zero attached hydrogens (tertiary/aromatic N) is 1. The first-order valence-electron chi connectivity index (χ1n) is 8.03. The Morgan fingerprint density at radius 1 is 1.24 bits per heavy atom. The van der Waals surface area contributed by atoms with E-state index in [1.165, 1.54) is 11.3 Å². The topological polar surface area (TPSA) is 77.5 Å². The van der Waals surface area contributed by atoms with Crippen LogP contribution in [0.25, 0.3) is 10.6 Å². The highest BCUT2D eigenvalue weighted by Gasteiger charge is 2.15. The monoisotopic (exact) mass is 362 g/mol. The van der Waals surface area contributed by atoms with Gasteiger partial charge < -0.3 is 14.8 Å². The molecule has 0 spiro atoms. The molecule has 1 heterocycles. The van der Waals surface area contributed by atoms with E-state index in [1.807, 2.05) is 24.3 Å². The fourth-order valence-electron chi connectivity index (χ4n) is 1.99. The van der Waals surface area contributed by atoms with Crippen molar-refractivity contribution in [2.45, 2.75) is 20.3 Å². The van der Waals surface area contributed by atoms with Crippen LogP contribution in [0.2, 0.25) is 0 Å². The van der Waals surface area contributed by atoms with E-state index in [1.54, 1.807) is 12.5 Å². The molecule has 0 saturated heterocycles. The van der Waals surface area contributed by atoms with E-state index >= 15 is 0 Å². The van der Waals surface area contributed by atoms with Gasteiger partial charge in [-0.3, -0.25) is 4.79 Å². The van der Waals surface area contributed by atoms with Crippen molar-refractivity contribution in [3.8, 4) is 16.3 Å². The highest BCUT2D eigenvalue weighted by Crippen LogP contribution is 2.25. The Kier molecular flexibility index (Phi) is 6.94. The summed E-state index contributed by atoms with van der Waals surface area (Å²) in [4.78, 5) is 27.9. The second-order valence-corrected chi connectivity index (χ2v) is 6.73. The van der Waals surface area contributed by atoms with Gasteiger partial charge in [0.2, 0.25) is 0 Å². The average molecular weight is 362 g/mol. The summed E-state index contributed by atoms with van der Waals surface area (Å²) in [6.45, 7) is 4.43. The van der Waals surface area contributed by atoms with Crippen LogP contribution in [0.1, 0.15) is 30.8 Å². The molecule has 1 aromatic carbocycles. The molecular formula is C18H22N2O4S. The number of hydrogen-bond acceptors (Lipinski definition) is 6. The molecule has 0 atom stereocenters. The molecule has 2 aromatic rings. The molecule has 6 nitrogen and oxygen atoms in total. The Labute approximate surface area is 151 Å². The lowest BCUT2D eigenvalue weighted by atomic mass is 10.1. The van der Waals surface area contributed by atoms with Crippen LogP contribution in [-0.2, 0) is 9.53 Å². The summed E-state index contributed by atoms with van der Waals surface area (Å²) in [7, 11) is 1.60. The molecule has 0 aliphatic heterocycles. The van der Waals surface area contributed by atoms with Crippen LogP contribution in [-0.4, -0.2) is 37.1 Å². The van der Waals surface area contributed by atoms with Crippen molar-refractivity contribution < 1.29 is 19.1 Å². The second kappa shape index (κ2) is 9.17. The normalized spacial score (nSPS) is 10.6. The molecule has 25 heavy (non-hydrogen) atoms.